The quantitative estimate of drug-likeness (QED) is 0.321. The van der Waals surface area contributed by atoms with E-state index in [1.54, 1.807) is 23.2 Å². The number of carbonyl (C=O) groups is 2. The number of rotatable bonds is 8. The van der Waals surface area contributed by atoms with E-state index in [2.05, 4.69) is 18.7 Å². The van der Waals surface area contributed by atoms with Gasteiger partial charge in [0.25, 0.3) is 11.5 Å². The van der Waals surface area contributed by atoms with Crippen LogP contribution >= 0.6 is 24.0 Å². The highest BCUT2D eigenvalue weighted by Gasteiger charge is 2.33. The number of amides is 1. The maximum Gasteiger partial charge on any atom is 0.303 e. The summed E-state index contributed by atoms with van der Waals surface area (Å²) in [4.78, 5) is 46.4. The van der Waals surface area contributed by atoms with Crippen LogP contribution in [-0.2, 0) is 9.59 Å². The van der Waals surface area contributed by atoms with Crippen molar-refractivity contribution < 1.29 is 14.7 Å². The van der Waals surface area contributed by atoms with Gasteiger partial charge in [-0.2, -0.15) is 0 Å². The van der Waals surface area contributed by atoms with Crippen LogP contribution in [0.3, 0.4) is 0 Å². The summed E-state index contributed by atoms with van der Waals surface area (Å²) in [6.07, 6.45) is 6.52. The summed E-state index contributed by atoms with van der Waals surface area (Å²) in [5.41, 5.74) is 0.761. The van der Waals surface area contributed by atoms with Gasteiger partial charge in [0, 0.05) is 32.3 Å². The van der Waals surface area contributed by atoms with Crippen molar-refractivity contribution in [3.63, 3.8) is 0 Å². The van der Waals surface area contributed by atoms with Crippen molar-refractivity contribution in [3.05, 3.63) is 45.2 Å². The maximum atomic E-state index is 13.5. The Labute approximate surface area is 214 Å². The smallest absolute Gasteiger partial charge is 0.303 e. The molecule has 35 heavy (non-hydrogen) atoms. The maximum absolute atomic E-state index is 13.5. The molecular weight excluding hydrogens is 484 g/mol. The van der Waals surface area contributed by atoms with Gasteiger partial charge in [0.05, 0.1) is 10.5 Å². The van der Waals surface area contributed by atoms with E-state index in [-0.39, 0.29) is 17.9 Å². The van der Waals surface area contributed by atoms with Crippen LogP contribution in [0.15, 0.2) is 34.1 Å². The number of anilines is 1. The predicted molar refractivity (Wildman–Crippen MR) is 143 cm³/mol. The number of piperidine rings is 1. The Morgan fingerprint density at radius 3 is 2.66 bits per heavy atom. The van der Waals surface area contributed by atoms with Gasteiger partial charge in [-0.3, -0.25) is 23.7 Å². The molecule has 0 aliphatic carbocycles. The third-order valence-corrected chi connectivity index (χ3v) is 7.72. The van der Waals surface area contributed by atoms with Crippen molar-refractivity contribution in [3.8, 4) is 0 Å². The molecule has 0 bridgehead atoms. The first-order valence-corrected chi connectivity index (χ1v) is 13.2. The van der Waals surface area contributed by atoms with Crippen molar-refractivity contribution in [1.82, 2.24) is 14.3 Å². The molecule has 2 unspecified atom stereocenters. The fraction of sp³-hybridized carbons (Fsp3) is 0.480. The number of nitrogens with zero attached hydrogens (tertiary/aromatic N) is 4. The van der Waals surface area contributed by atoms with Crippen LogP contribution in [-0.4, -0.2) is 55.2 Å². The number of aliphatic carboxylic acids is 1. The molecule has 0 radical (unpaired) electrons. The topological polar surface area (TPSA) is 95.2 Å². The van der Waals surface area contributed by atoms with Crippen LogP contribution in [0.1, 0.15) is 51.5 Å². The standard InChI is InChI=1S/C25H30N4O4S2/c1-16-12-17(2)15-27(14-16)22-18(23(32)28-10-7-5-8-20(28)26-22)13-19-24(33)29(25(34)35-19)11-6-3-4-9-21(30)31/h5,7-8,10,13,16-17H,3-4,6,9,11-12,14-15H2,1-2H3,(H,30,31). The van der Waals surface area contributed by atoms with Crippen LogP contribution in [0, 0.1) is 11.8 Å². The van der Waals surface area contributed by atoms with E-state index < -0.39 is 5.97 Å². The number of pyridine rings is 1. The summed E-state index contributed by atoms with van der Waals surface area (Å²) in [5, 5.41) is 8.79. The van der Waals surface area contributed by atoms with Crippen LogP contribution in [0.5, 0.6) is 0 Å². The van der Waals surface area contributed by atoms with Gasteiger partial charge >= 0.3 is 5.97 Å². The first-order chi connectivity index (χ1) is 16.7. The van der Waals surface area contributed by atoms with Crippen molar-refractivity contribution in [2.24, 2.45) is 11.8 Å². The Balaban J connectivity index is 1.65. The van der Waals surface area contributed by atoms with E-state index in [9.17, 15) is 14.4 Å². The average molecular weight is 515 g/mol. The molecule has 1 N–H and O–H groups in total. The highest BCUT2D eigenvalue weighted by Crippen LogP contribution is 2.34. The number of carboxylic acids is 1. The van der Waals surface area contributed by atoms with Gasteiger partial charge in [-0.15, -0.1) is 0 Å². The molecule has 0 spiro atoms. The van der Waals surface area contributed by atoms with Crippen LogP contribution in [0.2, 0.25) is 0 Å². The summed E-state index contributed by atoms with van der Waals surface area (Å²) in [6.45, 7) is 6.45. The van der Waals surface area contributed by atoms with Crippen molar-refractivity contribution in [2.75, 3.05) is 24.5 Å². The molecule has 2 aromatic heterocycles. The summed E-state index contributed by atoms with van der Waals surface area (Å²) < 4.78 is 1.96. The number of unbranched alkanes of at least 4 members (excludes halogenated alkanes) is 2. The zero-order valence-corrected chi connectivity index (χ0v) is 21.6. The SMILES string of the molecule is CC1CC(C)CN(c2nc3ccccn3c(=O)c2C=C2SC(=S)N(CCCCCC(=O)O)C2=O)C1. The molecule has 0 aromatic carbocycles. The van der Waals surface area contributed by atoms with Gasteiger partial charge in [-0.1, -0.05) is 50.3 Å². The normalized spacial score (nSPS) is 21.9. The van der Waals surface area contributed by atoms with Crippen LogP contribution < -0.4 is 10.5 Å². The average Bonchev–Trinajstić information content (AvgIpc) is 3.07. The van der Waals surface area contributed by atoms with Gasteiger partial charge < -0.3 is 10.0 Å². The fourth-order valence-electron chi connectivity index (χ4n) is 4.84. The lowest BCUT2D eigenvalue weighted by molar-refractivity contribution is -0.137. The van der Waals surface area contributed by atoms with E-state index in [1.165, 1.54) is 16.2 Å². The predicted octanol–water partition coefficient (Wildman–Crippen LogP) is 4.02. The van der Waals surface area contributed by atoms with Gasteiger partial charge in [0.15, 0.2) is 0 Å². The van der Waals surface area contributed by atoms with Crippen LogP contribution in [0.4, 0.5) is 5.82 Å². The molecule has 0 saturated carbocycles. The fourth-order valence-corrected chi connectivity index (χ4v) is 6.13. The second-order valence-corrected chi connectivity index (χ2v) is 11.1. The van der Waals surface area contributed by atoms with Crippen molar-refractivity contribution in [2.45, 2.75) is 46.0 Å². The summed E-state index contributed by atoms with van der Waals surface area (Å²) in [7, 11) is 0. The van der Waals surface area contributed by atoms with E-state index in [4.69, 9.17) is 22.3 Å². The molecule has 4 heterocycles. The third kappa shape index (κ3) is 5.75. The number of hydrogen-bond donors (Lipinski definition) is 1. The molecule has 2 aromatic rings. The zero-order valence-electron chi connectivity index (χ0n) is 20.0. The third-order valence-electron chi connectivity index (χ3n) is 6.34. The first-order valence-electron chi connectivity index (χ1n) is 12.0. The monoisotopic (exact) mass is 514 g/mol. The van der Waals surface area contributed by atoms with E-state index >= 15 is 0 Å². The van der Waals surface area contributed by atoms with Gasteiger partial charge in [-0.25, -0.2) is 4.98 Å². The zero-order chi connectivity index (χ0) is 25.1. The molecule has 2 atom stereocenters. The lowest BCUT2D eigenvalue weighted by Crippen LogP contribution is -2.40. The molecule has 10 heteroatoms. The number of fused-ring (bicyclic) bond motifs is 1. The molecule has 4 rings (SSSR count). The number of thioether (sulfide) groups is 1. The van der Waals surface area contributed by atoms with Crippen molar-refractivity contribution >= 4 is 57.7 Å². The summed E-state index contributed by atoms with van der Waals surface area (Å²) in [6, 6.07) is 5.46. The Hall–Kier alpha value is -2.72. The van der Waals surface area contributed by atoms with Gasteiger partial charge in [0.1, 0.15) is 15.8 Å². The Bertz CT molecular complexity index is 1230. The number of carbonyl (C=O) groups excluding carboxylic acids is 1. The molecule has 2 aliphatic rings. The largest absolute Gasteiger partial charge is 0.481 e. The van der Waals surface area contributed by atoms with Gasteiger partial charge in [-0.05, 0) is 49.3 Å². The van der Waals surface area contributed by atoms with Crippen molar-refractivity contribution in [1.29, 1.82) is 0 Å². The second-order valence-electron chi connectivity index (χ2n) is 9.47. The summed E-state index contributed by atoms with van der Waals surface area (Å²) in [5.74, 6) is 0.520. The van der Waals surface area contributed by atoms with Crippen LogP contribution in [0.25, 0.3) is 11.7 Å². The Kier molecular flexibility index (Phi) is 7.91. The second kappa shape index (κ2) is 10.9. The molecule has 2 fully saturated rings. The molecule has 8 nitrogen and oxygen atoms in total. The summed E-state index contributed by atoms with van der Waals surface area (Å²) >= 11 is 6.65. The minimum atomic E-state index is -0.817. The first kappa shape index (κ1) is 25.4. The number of carboxylic acid groups (broad SMARTS) is 1. The molecule has 2 saturated heterocycles. The van der Waals surface area contributed by atoms with E-state index in [0.29, 0.717) is 63.9 Å². The Morgan fingerprint density at radius 2 is 1.94 bits per heavy atom. The number of hydrogen-bond acceptors (Lipinski definition) is 7. The lowest BCUT2D eigenvalue weighted by Gasteiger charge is -2.36. The van der Waals surface area contributed by atoms with Gasteiger partial charge in [0.2, 0.25) is 0 Å². The molecule has 2 aliphatic heterocycles. The molecular formula is C25H30N4O4S2. The highest BCUT2D eigenvalue weighted by molar-refractivity contribution is 8.26. The lowest BCUT2D eigenvalue weighted by atomic mass is 9.91. The Morgan fingerprint density at radius 1 is 1.20 bits per heavy atom. The minimum Gasteiger partial charge on any atom is -0.481 e. The minimum absolute atomic E-state index is 0.119. The molecule has 1 amide bonds. The van der Waals surface area contributed by atoms with E-state index in [0.717, 1.165) is 19.5 Å². The molecule has 186 valence electrons. The highest BCUT2D eigenvalue weighted by atomic mass is 32.2. The number of aromatic nitrogens is 2. The number of thiocarbonyl (C=S) groups is 1. The van der Waals surface area contributed by atoms with E-state index in [1.807, 2.05) is 12.1 Å².